The number of hydrogen-bond acceptors (Lipinski definition) is 10. The molecule has 8 rings (SSSR count). The molecule has 0 radical (unpaired) electrons. The number of nitrogens with zero attached hydrogens (tertiary/aromatic N) is 2. The van der Waals surface area contributed by atoms with Crippen molar-refractivity contribution in [2.24, 2.45) is 0 Å². The number of amides is 10. The number of hydrogen-bond donors (Lipinski definition) is 6. The number of rotatable bonds is 6. The predicted octanol–water partition coefficient (Wildman–Crippen LogP) is 5.46. The Morgan fingerprint density at radius 1 is 0.581 bits per heavy atom. The number of carbonyl (C=O) groups excluding carboxylic acids is 8. The molecule has 0 bridgehead atoms. The van der Waals surface area contributed by atoms with Gasteiger partial charge in [-0.25, -0.2) is 9.59 Å². The highest BCUT2D eigenvalue weighted by Crippen LogP contribution is 2.30. The zero-order chi connectivity index (χ0) is 44.2. The van der Waals surface area contributed by atoms with Crippen LogP contribution < -0.4 is 31.9 Å². The van der Waals surface area contributed by atoms with Gasteiger partial charge >= 0.3 is 12.1 Å². The number of nitrogens with one attached hydrogen (secondary N) is 6. The summed E-state index contributed by atoms with van der Waals surface area (Å²) in [6, 6.07) is 18.6. The molecule has 4 heterocycles. The largest absolute Gasteiger partial charge is 0.326 e. The van der Waals surface area contributed by atoms with E-state index in [1.807, 2.05) is 41.8 Å². The fourth-order valence-corrected chi connectivity index (χ4v) is 8.08. The van der Waals surface area contributed by atoms with Gasteiger partial charge in [-0.2, -0.15) is 0 Å². The van der Waals surface area contributed by atoms with E-state index in [4.69, 9.17) is 23.2 Å². The van der Waals surface area contributed by atoms with Crippen LogP contribution in [0.4, 0.5) is 21.0 Å². The van der Waals surface area contributed by atoms with E-state index in [0.29, 0.717) is 84.4 Å². The lowest BCUT2D eigenvalue weighted by Crippen LogP contribution is -2.50. The molecule has 4 aliphatic heterocycles. The summed E-state index contributed by atoms with van der Waals surface area (Å²) >= 11 is 12.0. The first-order chi connectivity index (χ1) is 29.6. The Balaban J connectivity index is 0.000000186. The highest BCUT2D eigenvalue weighted by Gasteiger charge is 2.36. The third kappa shape index (κ3) is 10.3. The summed E-state index contributed by atoms with van der Waals surface area (Å²) < 4.78 is 0. The van der Waals surface area contributed by atoms with Gasteiger partial charge in [0, 0.05) is 60.9 Å². The highest BCUT2D eigenvalue weighted by molar-refractivity contribution is 6.33. The Hall–Kier alpha value is -6.46. The van der Waals surface area contributed by atoms with Crippen LogP contribution in [0.5, 0.6) is 0 Å². The monoisotopic (exact) mass is 880 g/mol. The third-order valence-corrected chi connectivity index (χ3v) is 11.6. The van der Waals surface area contributed by atoms with Gasteiger partial charge in [-0.1, -0.05) is 47.5 Å². The van der Waals surface area contributed by atoms with Crippen LogP contribution in [0.15, 0.2) is 72.8 Å². The Morgan fingerprint density at radius 3 is 1.56 bits per heavy atom. The Labute approximate surface area is 366 Å². The third-order valence-electron chi connectivity index (χ3n) is 11.0. The van der Waals surface area contributed by atoms with Crippen LogP contribution >= 0.6 is 23.2 Å². The Morgan fingerprint density at radius 2 is 1.06 bits per heavy atom. The molecule has 0 aliphatic carbocycles. The number of imide groups is 4. The number of aryl methyl sites for hydroxylation is 2. The van der Waals surface area contributed by atoms with Gasteiger partial charge in [0.05, 0.1) is 22.8 Å². The minimum absolute atomic E-state index is 0.247. The molecule has 0 saturated carbocycles. The second-order valence-corrected chi connectivity index (χ2v) is 16.3. The van der Waals surface area contributed by atoms with Crippen molar-refractivity contribution < 1.29 is 38.4 Å². The van der Waals surface area contributed by atoms with Crippen molar-refractivity contribution in [3.63, 3.8) is 0 Å². The average molecular weight is 882 g/mol. The fourth-order valence-electron chi connectivity index (χ4n) is 7.75. The van der Waals surface area contributed by atoms with Gasteiger partial charge in [0.15, 0.2) is 0 Å². The number of urea groups is 2. The van der Waals surface area contributed by atoms with Crippen LogP contribution in [0.2, 0.25) is 10.0 Å². The zero-order valence-electron chi connectivity index (χ0n) is 33.7. The van der Waals surface area contributed by atoms with Crippen LogP contribution in [0.1, 0.15) is 79.8 Å². The molecule has 2 atom stereocenters. The quantitative estimate of drug-likeness (QED) is 0.135. The van der Waals surface area contributed by atoms with Gasteiger partial charge in [0.25, 0.3) is 11.8 Å². The molecule has 10 amide bonds. The lowest BCUT2D eigenvalue weighted by atomic mass is 10.0. The zero-order valence-corrected chi connectivity index (χ0v) is 35.2. The van der Waals surface area contributed by atoms with Gasteiger partial charge in [-0.3, -0.25) is 59.8 Å². The minimum atomic E-state index is -0.678. The molecule has 0 spiro atoms. The molecule has 6 N–H and O–H groups in total. The van der Waals surface area contributed by atoms with E-state index >= 15 is 0 Å². The van der Waals surface area contributed by atoms with E-state index in [1.54, 1.807) is 54.6 Å². The van der Waals surface area contributed by atoms with Crippen molar-refractivity contribution >= 4 is 82.1 Å². The van der Waals surface area contributed by atoms with Gasteiger partial charge in [0.1, 0.15) is 0 Å². The molecule has 2 unspecified atom stereocenters. The summed E-state index contributed by atoms with van der Waals surface area (Å²) in [5, 5.41) is 15.4. The van der Waals surface area contributed by atoms with Crippen LogP contribution in [-0.4, -0.2) is 69.4 Å². The Kier molecular flexibility index (Phi) is 13.1. The van der Waals surface area contributed by atoms with E-state index < -0.39 is 23.9 Å². The Bertz CT molecular complexity index is 2370. The van der Waals surface area contributed by atoms with Gasteiger partial charge in [-0.15, -0.1) is 0 Å². The first-order valence-corrected chi connectivity index (χ1v) is 20.5. The molecule has 4 aromatic carbocycles. The lowest BCUT2D eigenvalue weighted by Gasteiger charge is -2.29. The van der Waals surface area contributed by atoms with Crippen molar-refractivity contribution in [3.05, 3.63) is 127 Å². The maximum absolute atomic E-state index is 12.6. The first kappa shape index (κ1) is 43.6. The maximum atomic E-state index is 12.6. The highest BCUT2D eigenvalue weighted by atomic mass is 35.5. The number of fused-ring (bicyclic) bond motifs is 2. The summed E-state index contributed by atoms with van der Waals surface area (Å²) in [6.45, 7) is 5.81. The number of carbonyl (C=O) groups is 8. The second-order valence-electron chi connectivity index (χ2n) is 15.5. The standard InChI is InChI=1S/2C22H21ClN4O4/c1-12-2-5-16(23)9-17(12)24-22(31)26-20(29)13-3-4-14-10-27(11-15(14)8-13)18-6-7-19(28)25-21(18)30;1-12-2-5-16(23)17(8-12)24-22(31)26-20(29)13-3-4-14-10-27(11-15(14)9-13)18-6-7-19(28)25-21(18)30/h2*2-5,8-9,18H,6-7,10-11H2,1H3,(H,25,28,30)(H2,24,26,29,31). The summed E-state index contributed by atoms with van der Waals surface area (Å²) in [4.78, 5) is 101. The molecule has 62 heavy (non-hydrogen) atoms. The number of benzene rings is 4. The SMILES string of the molecule is Cc1ccc(Cl)c(NC(=O)NC(=O)c2ccc3c(c2)CN(C2CCC(=O)NC2=O)C3)c1.Cc1ccc(Cl)cc1NC(=O)NC(=O)c1ccc2c(c1)CN(C1CCC(=O)NC1=O)C2. The number of piperidine rings is 2. The van der Waals surface area contributed by atoms with E-state index in [0.717, 1.165) is 33.4 Å². The predicted molar refractivity (Wildman–Crippen MR) is 229 cm³/mol. The molecular formula is C44H42Cl2N8O8. The van der Waals surface area contributed by atoms with Crippen LogP contribution in [0.25, 0.3) is 0 Å². The fraction of sp³-hybridized carbons (Fsp3) is 0.273. The molecular weight excluding hydrogens is 839 g/mol. The van der Waals surface area contributed by atoms with Crippen molar-refractivity contribution in [3.8, 4) is 0 Å². The summed E-state index contributed by atoms with van der Waals surface area (Å²) in [6.07, 6.45) is 1.60. The van der Waals surface area contributed by atoms with Crippen molar-refractivity contribution in [1.82, 2.24) is 31.1 Å². The minimum Gasteiger partial charge on any atom is -0.307 e. The summed E-state index contributed by atoms with van der Waals surface area (Å²) in [7, 11) is 0. The number of halogens is 2. The molecule has 4 aromatic rings. The van der Waals surface area contributed by atoms with Crippen molar-refractivity contribution in [2.75, 3.05) is 10.6 Å². The van der Waals surface area contributed by atoms with Crippen molar-refractivity contribution in [1.29, 1.82) is 0 Å². The van der Waals surface area contributed by atoms with Crippen LogP contribution in [-0.2, 0) is 45.4 Å². The number of anilines is 2. The molecule has 320 valence electrons. The van der Waals surface area contributed by atoms with Crippen LogP contribution in [0.3, 0.4) is 0 Å². The first-order valence-electron chi connectivity index (χ1n) is 19.8. The second kappa shape index (κ2) is 18.7. The van der Waals surface area contributed by atoms with Gasteiger partial charge in [0.2, 0.25) is 23.6 Å². The lowest BCUT2D eigenvalue weighted by molar-refractivity contribution is -0.139. The van der Waals surface area contributed by atoms with E-state index in [9.17, 15) is 38.4 Å². The van der Waals surface area contributed by atoms with E-state index in [2.05, 4.69) is 31.9 Å². The molecule has 4 aliphatic rings. The smallest absolute Gasteiger partial charge is 0.307 e. The normalized spacial score (nSPS) is 18.3. The molecule has 0 aromatic heterocycles. The average Bonchev–Trinajstić information content (AvgIpc) is 3.84. The van der Waals surface area contributed by atoms with Crippen LogP contribution in [0, 0.1) is 13.8 Å². The van der Waals surface area contributed by atoms with Gasteiger partial charge in [-0.05, 0) is 109 Å². The topological polar surface area (TPSA) is 215 Å². The summed E-state index contributed by atoms with van der Waals surface area (Å²) in [5.41, 5.74) is 7.23. The van der Waals surface area contributed by atoms with Gasteiger partial charge < -0.3 is 10.6 Å². The molecule has 16 nitrogen and oxygen atoms in total. The molecule has 18 heteroatoms. The summed E-state index contributed by atoms with van der Waals surface area (Å²) in [5.74, 6) is -2.13. The molecule has 2 saturated heterocycles. The molecule has 2 fully saturated rings. The van der Waals surface area contributed by atoms with E-state index in [-0.39, 0.29) is 35.7 Å². The van der Waals surface area contributed by atoms with Crippen molar-refractivity contribution in [2.45, 2.75) is 77.8 Å². The maximum Gasteiger partial charge on any atom is 0.326 e. The van der Waals surface area contributed by atoms with E-state index in [1.165, 1.54) is 0 Å².